The zero-order valence-electron chi connectivity index (χ0n) is 19.4. The minimum absolute atomic E-state index is 0.0158. The Bertz CT molecular complexity index is 874. The predicted octanol–water partition coefficient (Wildman–Crippen LogP) is 3.97. The molecule has 0 aromatic heterocycles. The Morgan fingerprint density at radius 3 is 2.38 bits per heavy atom. The first-order valence-electron chi connectivity index (χ1n) is 11.9. The number of para-hydroxylation sites is 1. The molecule has 0 spiro atoms. The first kappa shape index (κ1) is 22.6. The van der Waals surface area contributed by atoms with Crippen molar-refractivity contribution in [2.75, 3.05) is 61.6 Å². The van der Waals surface area contributed by atoms with Crippen LogP contribution in [0.3, 0.4) is 0 Å². The molecule has 2 aliphatic heterocycles. The molecule has 2 fully saturated rings. The number of anilines is 3. The third-order valence-electron chi connectivity index (χ3n) is 6.66. The fourth-order valence-corrected chi connectivity index (χ4v) is 4.52. The molecule has 6 heteroatoms. The maximum atomic E-state index is 12.9. The molecule has 0 radical (unpaired) electrons. The average molecular weight is 437 g/mol. The quantitative estimate of drug-likeness (QED) is 0.712. The molecule has 0 aliphatic carbocycles. The fourth-order valence-electron chi connectivity index (χ4n) is 4.52. The maximum Gasteiger partial charge on any atom is 0.241 e. The SMILES string of the molecule is C[C@H](C(=O)Nc1ccc(N2CCOCC2)cc1)N(C)Cc1ccccc1N1CCCCC1. The molecule has 0 bridgehead atoms. The van der Waals surface area contributed by atoms with Crippen LogP contribution in [0, 0.1) is 0 Å². The van der Waals surface area contributed by atoms with Gasteiger partial charge in [0.25, 0.3) is 0 Å². The first-order chi connectivity index (χ1) is 15.6. The summed E-state index contributed by atoms with van der Waals surface area (Å²) in [7, 11) is 2.03. The van der Waals surface area contributed by atoms with Crippen LogP contribution in [-0.2, 0) is 16.1 Å². The second kappa shape index (κ2) is 10.8. The lowest BCUT2D eigenvalue weighted by molar-refractivity contribution is -0.120. The highest BCUT2D eigenvalue weighted by Crippen LogP contribution is 2.26. The van der Waals surface area contributed by atoms with Gasteiger partial charge in [-0.2, -0.15) is 0 Å². The van der Waals surface area contributed by atoms with Gasteiger partial charge in [0.2, 0.25) is 5.91 Å². The highest BCUT2D eigenvalue weighted by atomic mass is 16.5. The predicted molar refractivity (Wildman–Crippen MR) is 132 cm³/mol. The van der Waals surface area contributed by atoms with E-state index in [2.05, 4.69) is 56.4 Å². The van der Waals surface area contributed by atoms with Gasteiger partial charge < -0.3 is 19.9 Å². The molecule has 2 aromatic carbocycles. The standard InChI is InChI=1S/C26H36N4O2/c1-21(26(31)27-23-10-12-24(13-11-23)29-16-18-32-19-17-29)28(2)20-22-8-4-5-9-25(22)30-14-6-3-7-15-30/h4-5,8-13,21H,3,6-7,14-20H2,1-2H3,(H,27,31)/t21-/m1/s1. The van der Waals surface area contributed by atoms with Gasteiger partial charge in [-0.25, -0.2) is 0 Å². The Hall–Kier alpha value is -2.57. The number of hydrogen-bond acceptors (Lipinski definition) is 5. The summed E-state index contributed by atoms with van der Waals surface area (Å²) in [6, 6.07) is 16.5. The van der Waals surface area contributed by atoms with Gasteiger partial charge in [-0.05, 0) is 69.1 Å². The molecule has 2 aromatic rings. The second-order valence-electron chi connectivity index (χ2n) is 8.90. The monoisotopic (exact) mass is 436 g/mol. The number of nitrogens with one attached hydrogen (secondary N) is 1. The molecule has 2 saturated heterocycles. The lowest BCUT2D eigenvalue weighted by Crippen LogP contribution is -2.39. The van der Waals surface area contributed by atoms with Crippen LogP contribution in [0.25, 0.3) is 0 Å². The van der Waals surface area contributed by atoms with E-state index in [-0.39, 0.29) is 11.9 Å². The molecule has 0 saturated carbocycles. The van der Waals surface area contributed by atoms with Gasteiger partial charge in [-0.15, -0.1) is 0 Å². The van der Waals surface area contributed by atoms with Crippen molar-refractivity contribution in [1.82, 2.24) is 4.90 Å². The number of nitrogens with zero attached hydrogens (tertiary/aromatic N) is 3. The van der Waals surface area contributed by atoms with E-state index in [1.807, 2.05) is 26.1 Å². The summed E-state index contributed by atoms with van der Waals surface area (Å²) in [4.78, 5) is 19.9. The number of amides is 1. The molecule has 4 rings (SSSR count). The van der Waals surface area contributed by atoms with E-state index in [0.29, 0.717) is 0 Å². The largest absolute Gasteiger partial charge is 0.378 e. The topological polar surface area (TPSA) is 48.1 Å². The molecule has 6 nitrogen and oxygen atoms in total. The Morgan fingerprint density at radius 2 is 1.66 bits per heavy atom. The zero-order valence-corrected chi connectivity index (χ0v) is 19.4. The van der Waals surface area contributed by atoms with Gasteiger partial charge in [0.05, 0.1) is 19.3 Å². The van der Waals surface area contributed by atoms with Crippen molar-refractivity contribution in [3.8, 4) is 0 Å². The van der Waals surface area contributed by atoms with E-state index >= 15 is 0 Å². The summed E-state index contributed by atoms with van der Waals surface area (Å²) in [5, 5.41) is 3.08. The minimum Gasteiger partial charge on any atom is -0.378 e. The number of likely N-dealkylation sites (N-methyl/N-ethyl adjacent to an activating group) is 1. The van der Waals surface area contributed by atoms with Crippen molar-refractivity contribution >= 4 is 23.0 Å². The van der Waals surface area contributed by atoms with Gasteiger partial charge in [0.15, 0.2) is 0 Å². The van der Waals surface area contributed by atoms with Crippen LogP contribution in [0.2, 0.25) is 0 Å². The number of piperidine rings is 1. The number of hydrogen-bond donors (Lipinski definition) is 1. The summed E-state index contributed by atoms with van der Waals surface area (Å²) in [6.45, 7) is 8.32. The molecule has 2 heterocycles. The lowest BCUT2D eigenvalue weighted by Gasteiger charge is -2.32. The van der Waals surface area contributed by atoms with Crippen molar-refractivity contribution in [2.24, 2.45) is 0 Å². The Morgan fingerprint density at radius 1 is 0.969 bits per heavy atom. The zero-order chi connectivity index (χ0) is 22.3. The van der Waals surface area contributed by atoms with Crippen LogP contribution in [0.5, 0.6) is 0 Å². The van der Waals surface area contributed by atoms with Crippen LogP contribution in [0.4, 0.5) is 17.1 Å². The highest BCUT2D eigenvalue weighted by Gasteiger charge is 2.21. The van der Waals surface area contributed by atoms with Crippen LogP contribution in [-0.4, -0.2) is 63.3 Å². The fraction of sp³-hybridized carbons (Fsp3) is 0.500. The second-order valence-corrected chi connectivity index (χ2v) is 8.90. The lowest BCUT2D eigenvalue weighted by atomic mass is 10.1. The molecule has 1 atom stereocenters. The van der Waals surface area contributed by atoms with Gasteiger partial charge >= 0.3 is 0 Å². The molecule has 1 N–H and O–H groups in total. The van der Waals surface area contributed by atoms with E-state index in [9.17, 15) is 4.79 Å². The first-order valence-corrected chi connectivity index (χ1v) is 11.9. The van der Waals surface area contributed by atoms with Gasteiger partial charge in [0, 0.05) is 49.8 Å². The Kier molecular flexibility index (Phi) is 7.66. The van der Waals surface area contributed by atoms with Crippen LogP contribution in [0.1, 0.15) is 31.7 Å². The Balaban J connectivity index is 1.35. The summed E-state index contributed by atoms with van der Waals surface area (Å²) in [5.74, 6) is 0.0158. The van der Waals surface area contributed by atoms with Crippen molar-refractivity contribution < 1.29 is 9.53 Å². The van der Waals surface area contributed by atoms with E-state index in [1.54, 1.807) is 0 Å². The third kappa shape index (κ3) is 5.61. The molecule has 1 amide bonds. The van der Waals surface area contributed by atoms with Crippen molar-refractivity contribution in [3.63, 3.8) is 0 Å². The van der Waals surface area contributed by atoms with E-state index < -0.39 is 0 Å². The highest BCUT2D eigenvalue weighted by molar-refractivity contribution is 5.94. The van der Waals surface area contributed by atoms with Crippen molar-refractivity contribution in [2.45, 2.75) is 38.8 Å². The smallest absolute Gasteiger partial charge is 0.241 e. The molecular weight excluding hydrogens is 400 g/mol. The number of rotatable bonds is 7. The van der Waals surface area contributed by atoms with Crippen molar-refractivity contribution in [1.29, 1.82) is 0 Å². The molecule has 2 aliphatic rings. The Labute approximate surface area is 192 Å². The number of benzene rings is 2. The van der Waals surface area contributed by atoms with Gasteiger partial charge in [-0.1, -0.05) is 18.2 Å². The number of carbonyl (C=O) groups excluding carboxylic acids is 1. The number of morpholine rings is 1. The summed E-state index contributed by atoms with van der Waals surface area (Å²) < 4.78 is 5.42. The molecule has 172 valence electrons. The van der Waals surface area contributed by atoms with Gasteiger partial charge in [0.1, 0.15) is 0 Å². The third-order valence-corrected chi connectivity index (χ3v) is 6.66. The average Bonchev–Trinajstić information content (AvgIpc) is 2.85. The van der Waals surface area contributed by atoms with Crippen molar-refractivity contribution in [3.05, 3.63) is 54.1 Å². The van der Waals surface area contributed by atoms with E-state index in [4.69, 9.17) is 4.74 Å². The summed E-state index contributed by atoms with van der Waals surface area (Å²) in [5.41, 5.74) is 4.60. The van der Waals surface area contributed by atoms with Crippen LogP contribution < -0.4 is 15.1 Å². The normalized spacial score (nSPS) is 18.0. The molecule has 32 heavy (non-hydrogen) atoms. The van der Waals surface area contributed by atoms with E-state index in [1.165, 1.54) is 36.2 Å². The molecular formula is C26H36N4O2. The van der Waals surface area contributed by atoms with E-state index in [0.717, 1.165) is 51.6 Å². The van der Waals surface area contributed by atoms with Crippen LogP contribution >= 0.6 is 0 Å². The molecule has 0 unspecified atom stereocenters. The summed E-state index contributed by atoms with van der Waals surface area (Å²) in [6.07, 6.45) is 3.84. The van der Waals surface area contributed by atoms with Crippen LogP contribution in [0.15, 0.2) is 48.5 Å². The summed E-state index contributed by atoms with van der Waals surface area (Å²) >= 11 is 0. The number of carbonyl (C=O) groups is 1. The van der Waals surface area contributed by atoms with Gasteiger partial charge in [-0.3, -0.25) is 9.69 Å². The maximum absolute atomic E-state index is 12.9. The number of ether oxygens (including phenoxy) is 1. The minimum atomic E-state index is -0.233.